The summed E-state index contributed by atoms with van der Waals surface area (Å²) in [6.07, 6.45) is 2.04. The first-order chi connectivity index (χ1) is 7.84. The fourth-order valence-corrected chi connectivity index (χ4v) is 1.92. The van der Waals surface area contributed by atoms with Gasteiger partial charge in [-0.15, -0.1) is 0 Å². The molecule has 86 valence electrons. The van der Waals surface area contributed by atoms with Gasteiger partial charge in [0.25, 0.3) is 0 Å². The second-order valence-electron chi connectivity index (χ2n) is 3.74. The zero-order valence-electron chi connectivity index (χ0n) is 9.70. The first-order valence-electron chi connectivity index (χ1n) is 5.81. The van der Waals surface area contributed by atoms with Crippen LogP contribution in [0.25, 0.3) is 10.9 Å². The molecule has 0 radical (unpaired) electrons. The summed E-state index contributed by atoms with van der Waals surface area (Å²) in [5, 5.41) is 4.21. The molecule has 0 aliphatic carbocycles. The fourth-order valence-electron chi connectivity index (χ4n) is 1.92. The van der Waals surface area contributed by atoms with Gasteiger partial charge in [-0.05, 0) is 24.3 Å². The molecule has 1 aliphatic rings. The number of nitrogens with one attached hydrogen (secondary N) is 1. The molecule has 1 fully saturated rings. The zero-order chi connectivity index (χ0) is 11.5. The quantitative estimate of drug-likeness (QED) is 0.782. The van der Waals surface area contributed by atoms with Crippen LogP contribution >= 0.6 is 0 Å². The normalized spacial score (nSPS) is 15.4. The Balaban J connectivity index is 0.000000457. The van der Waals surface area contributed by atoms with E-state index in [-0.39, 0.29) is 5.82 Å². The number of rotatable bonds is 1. The Labute approximate surface area is 95.1 Å². The van der Waals surface area contributed by atoms with E-state index in [4.69, 9.17) is 0 Å². The molecule has 0 unspecified atom stereocenters. The molecule has 0 atom stereocenters. The van der Waals surface area contributed by atoms with Crippen molar-refractivity contribution in [3.63, 3.8) is 0 Å². The molecule has 3 heteroatoms. The van der Waals surface area contributed by atoms with E-state index in [1.165, 1.54) is 6.07 Å². The molecule has 2 nitrogen and oxygen atoms in total. The van der Waals surface area contributed by atoms with E-state index in [9.17, 15) is 4.39 Å². The smallest absolute Gasteiger partial charge is 0.123 e. The third kappa shape index (κ3) is 1.83. The van der Waals surface area contributed by atoms with Crippen LogP contribution in [0.1, 0.15) is 19.9 Å². The topological polar surface area (TPSA) is 17.0 Å². The van der Waals surface area contributed by atoms with E-state index < -0.39 is 0 Å². The number of nitrogens with zero attached hydrogens (tertiary/aromatic N) is 1. The molecule has 1 N–H and O–H groups in total. The summed E-state index contributed by atoms with van der Waals surface area (Å²) in [7, 11) is 0. The lowest BCUT2D eigenvalue weighted by Crippen LogP contribution is -2.43. The zero-order valence-corrected chi connectivity index (χ0v) is 9.70. The molecule has 0 bridgehead atoms. The van der Waals surface area contributed by atoms with Gasteiger partial charge in [-0.3, -0.25) is 0 Å². The van der Waals surface area contributed by atoms with Crippen molar-refractivity contribution >= 4 is 10.9 Å². The van der Waals surface area contributed by atoms with Gasteiger partial charge in [-0.1, -0.05) is 13.8 Å². The van der Waals surface area contributed by atoms with Crippen LogP contribution in [-0.4, -0.2) is 17.7 Å². The van der Waals surface area contributed by atoms with Crippen molar-refractivity contribution in [3.05, 3.63) is 36.3 Å². The van der Waals surface area contributed by atoms with Crippen molar-refractivity contribution in [2.24, 2.45) is 0 Å². The molecule has 2 heterocycles. The Hall–Kier alpha value is -1.35. The first-order valence-corrected chi connectivity index (χ1v) is 5.81. The molecule has 0 spiro atoms. The van der Waals surface area contributed by atoms with Crippen LogP contribution < -0.4 is 5.32 Å². The van der Waals surface area contributed by atoms with Crippen LogP contribution in [-0.2, 0) is 0 Å². The number of benzene rings is 1. The minimum atomic E-state index is -0.165. The number of hydrogen-bond acceptors (Lipinski definition) is 1. The predicted octanol–water partition coefficient (Wildman–Crippen LogP) is 2.95. The fraction of sp³-hybridized carbons (Fsp3) is 0.385. The molecule has 1 saturated heterocycles. The second kappa shape index (κ2) is 4.66. The van der Waals surface area contributed by atoms with Gasteiger partial charge >= 0.3 is 0 Å². The van der Waals surface area contributed by atoms with Gasteiger partial charge in [0.15, 0.2) is 0 Å². The average molecular weight is 220 g/mol. The van der Waals surface area contributed by atoms with Crippen LogP contribution in [0, 0.1) is 5.82 Å². The van der Waals surface area contributed by atoms with Crippen LogP contribution in [0.15, 0.2) is 30.5 Å². The summed E-state index contributed by atoms with van der Waals surface area (Å²) in [5.41, 5.74) is 1.12. The van der Waals surface area contributed by atoms with Gasteiger partial charge in [0.1, 0.15) is 5.82 Å². The summed E-state index contributed by atoms with van der Waals surface area (Å²) < 4.78 is 15.1. The molecule has 0 amide bonds. The number of hydrogen-bond donors (Lipinski definition) is 1. The van der Waals surface area contributed by atoms with Gasteiger partial charge in [0.2, 0.25) is 0 Å². The molecule has 1 aliphatic heterocycles. The number of aromatic nitrogens is 1. The van der Waals surface area contributed by atoms with Crippen molar-refractivity contribution in [2.45, 2.75) is 19.9 Å². The van der Waals surface area contributed by atoms with Crippen molar-refractivity contribution in [3.8, 4) is 0 Å². The molecular weight excluding hydrogens is 203 g/mol. The predicted molar refractivity (Wildman–Crippen MR) is 65.2 cm³/mol. The first kappa shape index (κ1) is 11.1. The highest BCUT2D eigenvalue weighted by Gasteiger charge is 2.19. The molecule has 1 aromatic carbocycles. The van der Waals surface area contributed by atoms with E-state index in [2.05, 4.69) is 9.88 Å². The highest BCUT2D eigenvalue weighted by atomic mass is 19.1. The Bertz CT molecular complexity index is 472. The maximum absolute atomic E-state index is 12.9. The molecular formula is C13H17FN2. The van der Waals surface area contributed by atoms with Crippen molar-refractivity contribution < 1.29 is 4.39 Å². The van der Waals surface area contributed by atoms with Gasteiger partial charge in [0, 0.05) is 30.2 Å². The maximum Gasteiger partial charge on any atom is 0.123 e. The molecule has 2 aromatic rings. The van der Waals surface area contributed by atoms with E-state index in [0.717, 1.165) is 24.0 Å². The summed E-state index contributed by atoms with van der Waals surface area (Å²) in [5.74, 6) is -0.165. The van der Waals surface area contributed by atoms with Gasteiger partial charge in [-0.2, -0.15) is 0 Å². The highest BCUT2D eigenvalue weighted by molar-refractivity contribution is 5.80. The van der Waals surface area contributed by atoms with Crippen LogP contribution in [0.3, 0.4) is 0 Å². The summed E-state index contributed by atoms with van der Waals surface area (Å²) in [6.45, 7) is 6.03. The maximum atomic E-state index is 12.9. The summed E-state index contributed by atoms with van der Waals surface area (Å²) in [4.78, 5) is 0. The monoisotopic (exact) mass is 220 g/mol. The van der Waals surface area contributed by atoms with Gasteiger partial charge in [0.05, 0.1) is 6.04 Å². The van der Waals surface area contributed by atoms with E-state index in [1.807, 2.05) is 32.2 Å². The number of halogens is 1. The molecule has 0 saturated carbocycles. The van der Waals surface area contributed by atoms with Crippen molar-refractivity contribution in [2.75, 3.05) is 13.1 Å². The minimum absolute atomic E-state index is 0.165. The molecule has 1 aromatic heterocycles. The third-order valence-electron chi connectivity index (χ3n) is 2.84. The minimum Gasteiger partial charge on any atom is -0.342 e. The van der Waals surface area contributed by atoms with E-state index in [0.29, 0.717) is 6.04 Å². The lowest BCUT2D eigenvalue weighted by atomic mass is 10.1. The Morgan fingerprint density at radius 2 is 2.00 bits per heavy atom. The van der Waals surface area contributed by atoms with E-state index >= 15 is 0 Å². The summed E-state index contributed by atoms with van der Waals surface area (Å²) >= 11 is 0. The van der Waals surface area contributed by atoms with Crippen LogP contribution in [0.5, 0.6) is 0 Å². The van der Waals surface area contributed by atoms with Crippen LogP contribution in [0.4, 0.5) is 4.39 Å². The summed E-state index contributed by atoms with van der Waals surface area (Å²) in [6, 6.07) is 7.46. The van der Waals surface area contributed by atoms with Crippen molar-refractivity contribution in [1.82, 2.24) is 9.88 Å². The largest absolute Gasteiger partial charge is 0.342 e. The second-order valence-corrected chi connectivity index (χ2v) is 3.74. The van der Waals surface area contributed by atoms with E-state index in [1.54, 1.807) is 6.07 Å². The number of fused-ring (bicyclic) bond motifs is 1. The van der Waals surface area contributed by atoms with Crippen LogP contribution in [0.2, 0.25) is 0 Å². The average Bonchev–Trinajstić information content (AvgIpc) is 2.62. The Kier molecular flexibility index (Phi) is 3.25. The highest BCUT2D eigenvalue weighted by Crippen LogP contribution is 2.22. The Morgan fingerprint density at radius 3 is 2.62 bits per heavy atom. The SMILES string of the molecule is CC.Fc1ccc2c(ccn2C2CNC2)c1. The lowest BCUT2D eigenvalue weighted by molar-refractivity contribution is 0.352. The van der Waals surface area contributed by atoms with Gasteiger partial charge in [-0.25, -0.2) is 4.39 Å². The standard InChI is InChI=1S/C11H11FN2.C2H6/c12-9-1-2-11-8(5-9)3-4-14(11)10-6-13-7-10;1-2/h1-5,10,13H,6-7H2;1-2H3. The molecule has 16 heavy (non-hydrogen) atoms. The molecule has 3 rings (SSSR count). The van der Waals surface area contributed by atoms with Crippen molar-refractivity contribution in [1.29, 1.82) is 0 Å². The Morgan fingerprint density at radius 1 is 1.25 bits per heavy atom. The lowest BCUT2D eigenvalue weighted by Gasteiger charge is -2.29. The van der Waals surface area contributed by atoms with Gasteiger partial charge < -0.3 is 9.88 Å². The third-order valence-corrected chi connectivity index (χ3v) is 2.84.